The molecular weight excluding hydrogens is 459 g/mol. The number of para-hydroxylation sites is 1. The third-order valence-corrected chi connectivity index (χ3v) is 6.70. The number of ether oxygens (including phenoxy) is 1. The molecule has 0 fully saturated rings. The van der Waals surface area contributed by atoms with Crippen molar-refractivity contribution >= 4 is 67.3 Å². The fourth-order valence-corrected chi connectivity index (χ4v) is 4.97. The van der Waals surface area contributed by atoms with E-state index >= 15 is 0 Å². The number of amides is 2. The summed E-state index contributed by atoms with van der Waals surface area (Å²) in [6, 6.07) is 11.2. The van der Waals surface area contributed by atoms with Crippen molar-refractivity contribution in [3.05, 3.63) is 59.9 Å². The molecule has 31 heavy (non-hydrogen) atoms. The lowest BCUT2D eigenvalue weighted by atomic mass is 10.3. The zero-order valence-corrected chi connectivity index (χ0v) is 18.3. The van der Waals surface area contributed by atoms with Gasteiger partial charge in [-0.3, -0.25) is 9.59 Å². The van der Waals surface area contributed by atoms with Crippen molar-refractivity contribution in [1.29, 1.82) is 0 Å². The fraction of sp³-hybridized carbons (Fsp3) is 0.100. The maximum atomic E-state index is 13.6. The van der Waals surface area contributed by atoms with E-state index in [0.717, 1.165) is 14.6 Å². The highest BCUT2D eigenvalue weighted by Gasteiger charge is 2.11. The van der Waals surface area contributed by atoms with Crippen LogP contribution in [0.4, 0.5) is 15.2 Å². The summed E-state index contributed by atoms with van der Waals surface area (Å²) < 4.78 is 20.4. The molecule has 0 aliphatic heterocycles. The summed E-state index contributed by atoms with van der Waals surface area (Å²) >= 11 is 4.12. The number of carbonyl (C=O) groups is 2. The molecule has 11 heteroatoms. The monoisotopic (exact) mass is 474 g/mol. The Hall–Kier alpha value is -3.02. The number of halogens is 1. The first-order chi connectivity index (χ1) is 15.1. The van der Waals surface area contributed by atoms with Crippen LogP contribution in [0.5, 0.6) is 5.75 Å². The maximum absolute atomic E-state index is 13.6. The minimum absolute atomic E-state index is 0.0242. The van der Waals surface area contributed by atoms with Crippen molar-refractivity contribution in [3.63, 3.8) is 0 Å². The number of nitrogens with one attached hydrogen (secondary N) is 2. The van der Waals surface area contributed by atoms with E-state index in [1.54, 1.807) is 41.9 Å². The summed E-state index contributed by atoms with van der Waals surface area (Å²) in [7, 11) is 0. The van der Waals surface area contributed by atoms with Crippen LogP contribution in [0.3, 0.4) is 0 Å². The number of anilines is 2. The second kappa shape index (κ2) is 9.86. The van der Waals surface area contributed by atoms with Crippen LogP contribution in [0.1, 0.15) is 0 Å². The highest BCUT2D eigenvalue weighted by atomic mass is 32.2. The lowest BCUT2D eigenvalue weighted by Crippen LogP contribution is -2.20. The van der Waals surface area contributed by atoms with Crippen molar-refractivity contribution < 1.29 is 18.7 Å². The Morgan fingerprint density at radius 2 is 2.00 bits per heavy atom. The number of hydrogen-bond acceptors (Lipinski definition) is 8. The largest absolute Gasteiger partial charge is 0.481 e. The number of hydrogen-bond donors (Lipinski definition) is 2. The first-order valence-corrected chi connectivity index (χ1v) is 11.6. The van der Waals surface area contributed by atoms with Crippen LogP contribution in [0.2, 0.25) is 0 Å². The molecule has 158 valence electrons. The van der Waals surface area contributed by atoms with Gasteiger partial charge in [-0.25, -0.2) is 14.4 Å². The zero-order chi connectivity index (χ0) is 21.6. The van der Waals surface area contributed by atoms with Crippen LogP contribution in [0.15, 0.2) is 58.4 Å². The SMILES string of the molecule is O=C(COc1ccccc1F)Nc1ccc2nc(SCC(=O)Nc3nccs3)sc2c1. The highest BCUT2D eigenvalue weighted by molar-refractivity contribution is 8.01. The van der Waals surface area contributed by atoms with E-state index in [1.165, 1.54) is 46.6 Å². The van der Waals surface area contributed by atoms with Crippen LogP contribution < -0.4 is 15.4 Å². The number of carbonyl (C=O) groups excluding carboxylic acids is 2. The van der Waals surface area contributed by atoms with E-state index < -0.39 is 11.7 Å². The number of aromatic nitrogens is 2. The van der Waals surface area contributed by atoms with E-state index in [2.05, 4.69) is 20.6 Å². The summed E-state index contributed by atoms with van der Waals surface area (Å²) in [5, 5.41) is 7.80. The van der Waals surface area contributed by atoms with E-state index in [9.17, 15) is 14.0 Å². The second-order valence-corrected chi connectivity index (χ2v) is 9.25. The van der Waals surface area contributed by atoms with Gasteiger partial charge in [0.15, 0.2) is 27.6 Å². The van der Waals surface area contributed by atoms with Gasteiger partial charge in [0.2, 0.25) is 5.91 Å². The Bertz CT molecular complexity index is 1210. The quantitative estimate of drug-likeness (QED) is 0.362. The number of fused-ring (bicyclic) bond motifs is 1. The van der Waals surface area contributed by atoms with Crippen molar-refractivity contribution in [2.75, 3.05) is 23.0 Å². The molecule has 0 unspecified atom stereocenters. The highest BCUT2D eigenvalue weighted by Crippen LogP contribution is 2.31. The van der Waals surface area contributed by atoms with Gasteiger partial charge in [-0.15, -0.1) is 22.7 Å². The maximum Gasteiger partial charge on any atom is 0.262 e. The van der Waals surface area contributed by atoms with Gasteiger partial charge in [-0.05, 0) is 30.3 Å². The third kappa shape index (κ3) is 5.78. The number of nitrogens with zero attached hydrogens (tertiary/aromatic N) is 2. The molecule has 4 aromatic rings. The van der Waals surface area contributed by atoms with Gasteiger partial charge < -0.3 is 15.4 Å². The number of rotatable bonds is 8. The van der Waals surface area contributed by atoms with Crippen LogP contribution in [0, 0.1) is 5.82 Å². The molecule has 4 rings (SSSR count). The van der Waals surface area contributed by atoms with Crippen LogP contribution in [-0.4, -0.2) is 34.1 Å². The topological polar surface area (TPSA) is 93.2 Å². The van der Waals surface area contributed by atoms with Gasteiger partial charge in [-0.2, -0.15) is 0 Å². The molecule has 0 saturated heterocycles. The number of thiazole rings is 2. The zero-order valence-electron chi connectivity index (χ0n) is 15.8. The van der Waals surface area contributed by atoms with E-state index in [1.807, 2.05) is 0 Å². The van der Waals surface area contributed by atoms with E-state index in [4.69, 9.17) is 4.74 Å². The molecule has 0 aliphatic carbocycles. The van der Waals surface area contributed by atoms with Crippen molar-refractivity contribution in [1.82, 2.24) is 9.97 Å². The summed E-state index contributed by atoms with van der Waals surface area (Å²) in [5.41, 5.74) is 1.35. The fourth-order valence-electron chi connectivity index (χ4n) is 2.51. The average Bonchev–Trinajstić information content (AvgIpc) is 3.41. The first kappa shape index (κ1) is 21.2. The van der Waals surface area contributed by atoms with Gasteiger partial charge in [0, 0.05) is 17.3 Å². The van der Waals surface area contributed by atoms with Crippen LogP contribution >= 0.6 is 34.4 Å². The third-order valence-electron chi connectivity index (χ3n) is 3.85. The van der Waals surface area contributed by atoms with Crippen LogP contribution in [0.25, 0.3) is 10.2 Å². The van der Waals surface area contributed by atoms with E-state index in [0.29, 0.717) is 10.8 Å². The van der Waals surface area contributed by atoms with Crippen molar-refractivity contribution in [2.24, 2.45) is 0 Å². The molecule has 2 heterocycles. The first-order valence-electron chi connectivity index (χ1n) is 8.97. The van der Waals surface area contributed by atoms with Gasteiger partial charge >= 0.3 is 0 Å². The number of thioether (sulfide) groups is 1. The summed E-state index contributed by atoms with van der Waals surface area (Å²) in [5.74, 6) is -0.832. The molecule has 0 radical (unpaired) electrons. The van der Waals surface area contributed by atoms with Crippen LogP contribution in [-0.2, 0) is 9.59 Å². The van der Waals surface area contributed by atoms with Gasteiger partial charge in [0.25, 0.3) is 5.91 Å². The second-order valence-electron chi connectivity index (χ2n) is 6.10. The minimum atomic E-state index is -0.522. The standard InChI is InChI=1S/C20H15FN4O3S3/c21-13-3-1-2-4-15(13)28-10-17(26)23-12-5-6-14-16(9-12)31-20(24-14)30-11-18(27)25-19-22-7-8-29-19/h1-9H,10-11H2,(H,23,26)(H,22,25,27). The summed E-state index contributed by atoms with van der Waals surface area (Å²) in [6.45, 7) is -0.309. The summed E-state index contributed by atoms with van der Waals surface area (Å²) in [4.78, 5) is 32.6. The lowest BCUT2D eigenvalue weighted by Gasteiger charge is -2.08. The van der Waals surface area contributed by atoms with Gasteiger partial charge in [0.05, 0.1) is 16.0 Å². The summed E-state index contributed by atoms with van der Waals surface area (Å²) in [6.07, 6.45) is 1.63. The predicted octanol–water partition coefficient (Wildman–Crippen LogP) is 4.64. The number of benzene rings is 2. The molecule has 0 saturated carbocycles. The Morgan fingerprint density at radius 1 is 1.13 bits per heavy atom. The Balaban J connectivity index is 1.32. The Morgan fingerprint density at radius 3 is 2.81 bits per heavy atom. The molecule has 2 N–H and O–H groups in total. The Kier molecular flexibility index (Phi) is 6.75. The van der Waals surface area contributed by atoms with Crippen molar-refractivity contribution in [2.45, 2.75) is 4.34 Å². The molecule has 2 amide bonds. The smallest absolute Gasteiger partial charge is 0.262 e. The lowest BCUT2D eigenvalue weighted by molar-refractivity contribution is -0.118. The molecule has 0 bridgehead atoms. The van der Waals surface area contributed by atoms with E-state index in [-0.39, 0.29) is 24.0 Å². The molecule has 0 spiro atoms. The molecule has 2 aromatic heterocycles. The predicted molar refractivity (Wildman–Crippen MR) is 122 cm³/mol. The molecule has 7 nitrogen and oxygen atoms in total. The molecular formula is C20H15FN4O3S3. The van der Waals surface area contributed by atoms with Gasteiger partial charge in [0.1, 0.15) is 0 Å². The molecule has 0 aliphatic rings. The Labute approximate surface area is 188 Å². The minimum Gasteiger partial charge on any atom is -0.481 e. The average molecular weight is 475 g/mol. The van der Waals surface area contributed by atoms with Crippen molar-refractivity contribution in [3.8, 4) is 5.75 Å². The molecule has 2 aromatic carbocycles. The normalized spacial score (nSPS) is 10.7. The van der Waals surface area contributed by atoms with Gasteiger partial charge in [-0.1, -0.05) is 23.9 Å². The molecule has 0 atom stereocenters.